The number of hydrogen-bond acceptors (Lipinski definition) is 4. The molecule has 0 fully saturated rings. The van der Waals surface area contributed by atoms with Crippen LogP contribution in [-0.2, 0) is 19.1 Å². The molecule has 0 heterocycles. The van der Waals surface area contributed by atoms with Crippen LogP contribution >= 0.6 is 0 Å². The van der Waals surface area contributed by atoms with Crippen molar-refractivity contribution >= 4 is 11.9 Å². The molecule has 19 heavy (non-hydrogen) atoms. The highest BCUT2D eigenvalue weighted by molar-refractivity contribution is 6.13. The van der Waals surface area contributed by atoms with Gasteiger partial charge in [-0.15, -0.1) is 0 Å². The van der Waals surface area contributed by atoms with Gasteiger partial charge in [-0.25, -0.2) is 9.59 Å². The normalized spacial score (nSPS) is 11.5. The Bertz CT molecular complexity index is 450. The summed E-state index contributed by atoms with van der Waals surface area (Å²) in [5.74, 6) is -1.42. The molecule has 0 N–H and O–H groups in total. The van der Waals surface area contributed by atoms with Gasteiger partial charge in [0, 0.05) is 5.92 Å². The second-order valence-electron chi connectivity index (χ2n) is 4.11. The molecule has 0 amide bonds. The lowest BCUT2D eigenvalue weighted by Gasteiger charge is -2.12. The molecule has 1 unspecified atom stereocenters. The molecule has 0 aliphatic heterocycles. The number of benzene rings is 1. The lowest BCUT2D eigenvalue weighted by atomic mass is 10.0. The molecule has 0 aliphatic rings. The van der Waals surface area contributed by atoms with Gasteiger partial charge in [0.25, 0.3) is 0 Å². The SMILES string of the molecule is C=C(C(=O)OCC)C(=O)OCC(C)c1ccccc1. The number of ether oxygens (including phenoxy) is 2. The topological polar surface area (TPSA) is 52.6 Å². The third-order valence-corrected chi connectivity index (χ3v) is 2.60. The van der Waals surface area contributed by atoms with Gasteiger partial charge in [-0.2, -0.15) is 0 Å². The Morgan fingerprint density at radius 2 is 1.74 bits per heavy atom. The molecule has 1 aromatic rings. The molecular weight excluding hydrogens is 244 g/mol. The van der Waals surface area contributed by atoms with Gasteiger partial charge in [-0.3, -0.25) is 0 Å². The molecule has 4 heteroatoms. The van der Waals surface area contributed by atoms with Crippen molar-refractivity contribution in [3.8, 4) is 0 Å². The number of esters is 2. The summed E-state index contributed by atoms with van der Waals surface area (Å²) >= 11 is 0. The maximum absolute atomic E-state index is 11.6. The summed E-state index contributed by atoms with van der Waals surface area (Å²) in [6.45, 7) is 7.37. The first-order chi connectivity index (χ1) is 9.06. The Morgan fingerprint density at radius 1 is 1.16 bits per heavy atom. The highest BCUT2D eigenvalue weighted by atomic mass is 16.6. The Hall–Kier alpha value is -2.10. The molecule has 0 aromatic heterocycles. The molecule has 0 spiro atoms. The number of hydrogen-bond donors (Lipinski definition) is 0. The van der Waals surface area contributed by atoms with Crippen molar-refractivity contribution in [3.63, 3.8) is 0 Å². The van der Waals surface area contributed by atoms with Gasteiger partial charge in [0.1, 0.15) is 5.57 Å². The van der Waals surface area contributed by atoms with Crippen molar-refractivity contribution < 1.29 is 19.1 Å². The van der Waals surface area contributed by atoms with Crippen LogP contribution in [0.4, 0.5) is 0 Å². The van der Waals surface area contributed by atoms with Crippen LogP contribution in [0.2, 0.25) is 0 Å². The van der Waals surface area contributed by atoms with Crippen molar-refractivity contribution in [2.45, 2.75) is 19.8 Å². The molecule has 0 saturated heterocycles. The smallest absolute Gasteiger partial charge is 0.344 e. The molecule has 1 rings (SSSR count). The Labute approximate surface area is 113 Å². The van der Waals surface area contributed by atoms with E-state index >= 15 is 0 Å². The summed E-state index contributed by atoms with van der Waals surface area (Å²) in [6, 6.07) is 9.68. The standard InChI is InChI=1S/C15H18O4/c1-4-18-14(16)12(3)15(17)19-10-11(2)13-8-6-5-7-9-13/h5-9,11H,3-4,10H2,1-2H3. The fourth-order valence-corrected chi connectivity index (χ4v) is 1.47. The molecule has 0 aliphatic carbocycles. The first-order valence-electron chi connectivity index (χ1n) is 6.14. The van der Waals surface area contributed by atoms with Gasteiger partial charge in [0.2, 0.25) is 0 Å². The maximum Gasteiger partial charge on any atom is 0.344 e. The van der Waals surface area contributed by atoms with Crippen LogP contribution in [0.5, 0.6) is 0 Å². The average Bonchev–Trinajstić information content (AvgIpc) is 2.44. The first-order valence-corrected chi connectivity index (χ1v) is 6.14. The van der Waals surface area contributed by atoms with E-state index in [9.17, 15) is 9.59 Å². The van der Waals surface area contributed by atoms with E-state index in [1.165, 1.54) is 0 Å². The van der Waals surface area contributed by atoms with Gasteiger partial charge in [-0.05, 0) is 12.5 Å². The second-order valence-corrected chi connectivity index (χ2v) is 4.11. The van der Waals surface area contributed by atoms with E-state index in [0.717, 1.165) is 5.56 Å². The van der Waals surface area contributed by atoms with Crippen LogP contribution in [-0.4, -0.2) is 25.2 Å². The quantitative estimate of drug-likeness (QED) is 0.342. The highest BCUT2D eigenvalue weighted by Crippen LogP contribution is 2.15. The minimum Gasteiger partial charge on any atom is -0.462 e. The van der Waals surface area contributed by atoms with Gasteiger partial charge in [0.05, 0.1) is 13.2 Å². The zero-order valence-electron chi connectivity index (χ0n) is 11.2. The van der Waals surface area contributed by atoms with Crippen LogP contribution in [0.3, 0.4) is 0 Å². The minimum atomic E-state index is -0.736. The second kappa shape index (κ2) is 7.36. The molecular formula is C15H18O4. The van der Waals surface area contributed by atoms with Crippen LogP contribution in [0.1, 0.15) is 25.3 Å². The summed E-state index contributed by atoms with van der Waals surface area (Å²) < 4.78 is 9.73. The van der Waals surface area contributed by atoms with Gasteiger partial charge < -0.3 is 9.47 Å². The van der Waals surface area contributed by atoms with Crippen LogP contribution < -0.4 is 0 Å². The zero-order chi connectivity index (χ0) is 14.3. The van der Waals surface area contributed by atoms with Crippen molar-refractivity contribution in [2.24, 2.45) is 0 Å². The van der Waals surface area contributed by atoms with Crippen LogP contribution in [0.25, 0.3) is 0 Å². The Balaban J connectivity index is 2.46. The van der Waals surface area contributed by atoms with E-state index in [4.69, 9.17) is 4.74 Å². The molecule has 0 saturated carbocycles. The van der Waals surface area contributed by atoms with E-state index in [1.807, 2.05) is 37.3 Å². The van der Waals surface area contributed by atoms with E-state index in [0.29, 0.717) is 0 Å². The fourth-order valence-electron chi connectivity index (χ4n) is 1.47. The number of rotatable bonds is 6. The van der Waals surface area contributed by atoms with Crippen molar-refractivity contribution in [1.82, 2.24) is 0 Å². The predicted molar refractivity (Wildman–Crippen MR) is 71.6 cm³/mol. The first kappa shape index (κ1) is 15.0. The molecule has 0 bridgehead atoms. The summed E-state index contributed by atoms with van der Waals surface area (Å²) in [6.07, 6.45) is 0. The summed E-state index contributed by atoms with van der Waals surface area (Å²) in [5.41, 5.74) is 0.791. The Morgan fingerprint density at radius 3 is 2.32 bits per heavy atom. The molecule has 1 aromatic carbocycles. The van der Waals surface area contributed by atoms with Gasteiger partial charge >= 0.3 is 11.9 Å². The lowest BCUT2D eigenvalue weighted by Crippen LogP contribution is -2.19. The molecule has 1 atom stereocenters. The molecule has 4 nitrogen and oxygen atoms in total. The van der Waals surface area contributed by atoms with Crippen LogP contribution in [0, 0.1) is 0 Å². The third-order valence-electron chi connectivity index (χ3n) is 2.60. The fraction of sp³-hybridized carbons (Fsp3) is 0.333. The zero-order valence-corrected chi connectivity index (χ0v) is 11.2. The van der Waals surface area contributed by atoms with E-state index in [-0.39, 0.29) is 24.7 Å². The Kier molecular flexibility index (Phi) is 5.79. The summed E-state index contributed by atoms with van der Waals surface area (Å²) in [4.78, 5) is 22.8. The van der Waals surface area contributed by atoms with E-state index < -0.39 is 11.9 Å². The van der Waals surface area contributed by atoms with Crippen molar-refractivity contribution in [2.75, 3.05) is 13.2 Å². The van der Waals surface area contributed by atoms with Gasteiger partial charge in [0.15, 0.2) is 0 Å². The average molecular weight is 262 g/mol. The number of carbonyl (C=O) groups is 2. The van der Waals surface area contributed by atoms with E-state index in [1.54, 1.807) is 6.92 Å². The van der Waals surface area contributed by atoms with E-state index in [2.05, 4.69) is 11.3 Å². The van der Waals surface area contributed by atoms with Crippen molar-refractivity contribution in [1.29, 1.82) is 0 Å². The third kappa shape index (κ3) is 4.58. The summed E-state index contributed by atoms with van der Waals surface area (Å²) in [5, 5.41) is 0. The number of carbonyl (C=O) groups excluding carboxylic acids is 2. The van der Waals surface area contributed by atoms with Crippen LogP contribution in [0.15, 0.2) is 42.5 Å². The lowest BCUT2D eigenvalue weighted by molar-refractivity contribution is -0.147. The predicted octanol–water partition coefficient (Wildman–Crippen LogP) is 2.45. The maximum atomic E-state index is 11.6. The van der Waals surface area contributed by atoms with Crippen molar-refractivity contribution in [3.05, 3.63) is 48.0 Å². The highest BCUT2D eigenvalue weighted by Gasteiger charge is 2.19. The molecule has 102 valence electrons. The summed E-state index contributed by atoms with van der Waals surface area (Å²) in [7, 11) is 0. The monoisotopic (exact) mass is 262 g/mol. The van der Waals surface area contributed by atoms with Gasteiger partial charge in [-0.1, -0.05) is 43.8 Å². The largest absolute Gasteiger partial charge is 0.462 e. The minimum absolute atomic E-state index is 0.0557. The molecule has 0 radical (unpaired) electrons.